The Morgan fingerprint density at radius 1 is 1.09 bits per heavy atom. The van der Waals surface area contributed by atoms with E-state index in [4.69, 9.17) is 11.6 Å². The molecule has 0 bridgehead atoms. The first-order valence-corrected chi connectivity index (χ1v) is 7.36. The van der Waals surface area contributed by atoms with Crippen molar-refractivity contribution in [2.75, 3.05) is 0 Å². The Morgan fingerprint density at radius 2 is 1.82 bits per heavy atom. The molecule has 5 heteroatoms. The molecule has 0 radical (unpaired) electrons. The van der Waals surface area contributed by atoms with Crippen LogP contribution < -0.4 is 5.32 Å². The maximum absolute atomic E-state index is 12.4. The van der Waals surface area contributed by atoms with Crippen molar-refractivity contribution >= 4 is 23.5 Å². The maximum atomic E-state index is 12.4. The number of hydrogen-bond acceptors (Lipinski definition) is 2. The molecule has 1 atom stereocenters. The van der Waals surface area contributed by atoms with Gasteiger partial charge in [0.05, 0.1) is 22.2 Å². The predicted molar refractivity (Wildman–Crippen MR) is 83.4 cm³/mol. The highest BCUT2D eigenvalue weighted by Gasteiger charge is 2.29. The second-order valence-electron chi connectivity index (χ2n) is 5.23. The lowest BCUT2D eigenvalue weighted by atomic mass is 10.0. The zero-order valence-electron chi connectivity index (χ0n) is 11.7. The number of benzene rings is 2. The van der Waals surface area contributed by atoms with E-state index in [1.54, 1.807) is 36.4 Å². The van der Waals surface area contributed by atoms with Gasteiger partial charge in [0, 0.05) is 0 Å². The fourth-order valence-electron chi connectivity index (χ4n) is 2.90. The van der Waals surface area contributed by atoms with E-state index < -0.39 is 5.97 Å². The van der Waals surface area contributed by atoms with Gasteiger partial charge in [0.2, 0.25) is 0 Å². The third-order valence-electron chi connectivity index (χ3n) is 3.90. The zero-order valence-corrected chi connectivity index (χ0v) is 12.4. The number of aromatic carboxylic acids is 1. The average molecular weight is 316 g/mol. The number of rotatable bonds is 3. The number of carboxylic acid groups (broad SMARTS) is 1. The molecular weight excluding hydrogens is 302 g/mol. The summed E-state index contributed by atoms with van der Waals surface area (Å²) >= 11 is 6.03. The van der Waals surface area contributed by atoms with Crippen molar-refractivity contribution in [3.63, 3.8) is 0 Å². The summed E-state index contributed by atoms with van der Waals surface area (Å²) in [6.07, 6.45) is 1.44. The van der Waals surface area contributed by atoms with Gasteiger partial charge in [-0.15, -0.1) is 0 Å². The highest BCUT2D eigenvalue weighted by atomic mass is 35.5. The monoisotopic (exact) mass is 315 g/mol. The highest BCUT2D eigenvalue weighted by molar-refractivity contribution is 6.33. The van der Waals surface area contributed by atoms with E-state index in [0.717, 1.165) is 12.0 Å². The number of aryl methyl sites for hydroxylation is 1. The molecule has 2 aromatic carbocycles. The van der Waals surface area contributed by atoms with E-state index in [1.165, 1.54) is 0 Å². The molecular formula is C17H14ClNO3. The summed E-state index contributed by atoms with van der Waals surface area (Å²) in [5.41, 5.74) is 2.32. The molecule has 0 saturated carbocycles. The molecule has 1 amide bonds. The van der Waals surface area contributed by atoms with Gasteiger partial charge in [0.1, 0.15) is 0 Å². The third-order valence-corrected chi connectivity index (χ3v) is 4.23. The van der Waals surface area contributed by atoms with E-state index in [-0.39, 0.29) is 17.5 Å². The molecule has 0 aliphatic heterocycles. The number of carboxylic acids is 1. The quantitative estimate of drug-likeness (QED) is 0.911. The second-order valence-corrected chi connectivity index (χ2v) is 5.64. The summed E-state index contributed by atoms with van der Waals surface area (Å²) in [7, 11) is 0. The van der Waals surface area contributed by atoms with Crippen LogP contribution in [0.2, 0.25) is 5.02 Å². The third kappa shape index (κ3) is 2.57. The number of nitrogens with one attached hydrogen (secondary N) is 1. The first kappa shape index (κ1) is 14.6. The minimum Gasteiger partial charge on any atom is -0.478 e. The van der Waals surface area contributed by atoms with Crippen LogP contribution in [0.3, 0.4) is 0 Å². The Hall–Kier alpha value is -2.33. The average Bonchev–Trinajstić information content (AvgIpc) is 2.90. The first-order chi connectivity index (χ1) is 10.6. The van der Waals surface area contributed by atoms with Gasteiger partial charge in [-0.2, -0.15) is 0 Å². The molecule has 0 spiro atoms. The summed E-state index contributed by atoms with van der Waals surface area (Å²) in [6.45, 7) is 0. The van der Waals surface area contributed by atoms with Crippen LogP contribution in [0.15, 0.2) is 42.5 Å². The van der Waals surface area contributed by atoms with Crippen LogP contribution in [0, 0.1) is 0 Å². The SMILES string of the molecule is O=C(NC1CCc2cccc(C(=O)O)c21)c1ccccc1Cl. The Kier molecular flexibility index (Phi) is 3.86. The van der Waals surface area contributed by atoms with Crippen molar-refractivity contribution < 1.29 is 14.7 Å². The molecule has 0 heterocycles. The van der Waals surface area contributed by atoms with Gasteiger partial charge in [-0.3, -0.25) is 4.79 Å². The van der Waals surface area contributed by atoms with Gasteiger partial charge in [-0.25, -0.2) is 4.79 Å². The van der Waals surface area contributed by atoms with E-state index >= 15 is 0 Å². The van der Waals surface area contributed by atoms with Crippen molar-refractivity contribution in [1.29, 1.82) is 0 Å². The van der Waals surface area contributed by atoms with Gasteiger partial charge in [-0.1, -0.05) is 35.9 Å². The van der Waals surface area contributed by atoms with E-state index in [1.807, 2.05) is 6.07 Å². The second kappa shape index (κ2) is 5.81. The lowest BCUT2D eigenvalue weighted by molar-refractivity contribution is 0.0693. The van der Waals surface area contributed by atoms with Gasteiger partial charge < -0.3 is 10.4 Å². The molecule has 2 aromatic rings. The van der Waals surface area contributed by atoms with Crippen LogP contribution in [0.4, 0.5) is 0 Å². The zero-order chi connectivity index (χ0) is 15.7. The summed E-state index contributed by atoms with van der Waals surface area (Å²) in [5, 5.41) is 12.6. The molecule has 112 valence electrons. The molecule has 4 nitrogen and oxygen atoms in total. The van der Waals surface area contributed by atoms with Crippen LogP contribution in [-0.2, 0) is 6.42 Å². The summed E-state index contributed by atoms with van der Waals surface area (Å²) in [5.74, 6) is -1.26. The molecule has 0 fully saturated rings. The highest BCUT2D eigenvalue weighted by Crippen LogP contribution is 2.34. The standard InChI is InChI=1S/C17H14ClNO3/c18-13-7-2-1-5-11(13)16(20)19-14-9-8-10-4-3-6-12(15(10)14)17(21)22/h1-7,14H,8-9H2,(H,19,20)(H,21,22). The number of hydrogen-bond donors (Lipinski definition) is 2. The van der Waals surface area contributed by atoms with Crippen LogP contribution in [0.5, 0.6) is 0 Å². The summed E-state index contributed by atoms with van der Waals surface area (Å²) in [6, 6.07) is 11.7. The fraction of sp³-hybridized carbons (Fsp3) is 0.176. The smallest absolute Gasteiger partial charge is 0.336 e. The topological polar surface area (TPSA) is 66.4 Å². The molecule has 2 N–H and O–H groups in total. The predicted octanol–water partition coefficient (Wildman–Crippen LogP) is 3.46. The minimum absolute atomic E-state index is 0.249. The summed E-state index contributed by atoms with van der Waals surface area (Å²) in [4.78, 5) is 23.8. The van der Waals surface area contributed by atoms with E-state index in [9.17, 15) is 14.7 Å². The van der Waals surface area contributed by atoms with Gasteiger partial charge in [0.15, 0.2) is 0 Å². The number of carbonyl (C=O) groups excluding carboxylic acids is 1. The van der Waals surface area contributed by atoms with Crippen LogP contribution >= 0.6 is 11.6 Å². The lowest BCUT2D eigenvalue weighted by Crippen LogP contribution is -2.28. The molecule has 1 unspecified atom stereocenters. The number of amides is 1. The van der Waals surface area contributed by atoms with Gasteiger partial charge in [-0.05, 0) is 42.2 Å². The van der Waals surface area contributed by atoms with Crippen molar-refractivity contribution in [2.45, 2.75) is 18.9 Å². The Labute approximate surface area is 132 Å². The normalized spacial score (nSPS) is 16.1. The van der Waals surface area contributed by atoms with Crippen molar-refractivity contribution in [1.82, 2.24) is 5.32 Å². The van der Waals surface area contributed by atoms with E-state index in [0.29, 0.717) is 22.6 Å². The van der Waals surface area contributed by atoms with Crippen molar-refractivity contribution in [2.24, 2.45) is 0 Å². The molecule has 1 aliphatic rings. The Balaban J connectivity index is 1.90. The first-order valence-electron chi connectivity index (χ1n) is 6.98. The summed E-state index contributed by atoms with van der Waals surface area (Å²) < 4.78 is 0. The number of fused-ring (bicyclic) bond motifs is 1. The molecule has 22 heavy (non-hydrogen) atoms. The van der Waals surface area contributed by atoms with Crippen LogP contribution in [0.1, 0.15) is 44.3 Å². The maximum Gasteiger partial charge on any atom is 0.336 e. The molecule has 1 aliphatic carbocycles. The number of carbonyl (C=O) groups is 2. The van der Waals surface area contributed by atoms with Crippen LogP contribution in [-0.4, -0.2) is 17.0 Å². The lowest BCUT2D eigenvalue weighted by Gasteiger charge is -2.16. The fourth-order valence-corrected chi connectivity index (χ4v) is 3.12. The van der Waals surface area contributed by atoms with Gasteiger partial charge in [0.25, 0.3) is 5.91 Å². The molecule has 3 rings (SSSR count). The van der Waals surface area contributed by atoms with Crippen molar-refractivity contribution in [3.05, 3.63) is 69.7 Å². The van der Waals surface area contributed by atoms with Crippen molar-refractivity contribution in [3.8, 4) is 0 Å². The largest absolute Gasteiger partial charge is 0.478 e. The minimum atomic E-state index is -0.976. The van der Waals surface area contributed by atoms with Crippen LogP contribution in [0.25, 0.3) is 0 Å². The van der Waals surface area contributed by atoms with E-state index in [2.05, 4.69) is 5.32 Å². The van der Waals surface area contributed by atoms with Gasteiger partial charge >= 0.3 is 5.97 Å². The number of halogens is 1. The molecule has 0 saturated heterocycles. The molecule has 0 aromatic heterocycles. The Bertz CT molecular complexity index is 757. The Morgan fingerprint density at radius 3 is 2.55 bits per heavy atom.